The van der Waals surface area contributed by atoms with Gasteiger partial charge in [-0.2, -0.15) is 0 Å². The molecule has 1 aromatic carbocycles. The largest absolute Gasteiger partial charge is 0.393 e. The Hall–Kier alpha value is -1.56. The summed E-state index contributed by atoms with van der Waals surface area (Å²) in [5.74, 6) is 0. The molecule has 0 aliphatic carbocycles. The van der Waals surface area contributed by atoms with Crippen molar-refractivity contribution in [2.45, 2.75) is 25.5 Å². The standard InChI is InChI=1S/C16H19ClN2O2S/c1-11(20)8-9-18-16(21)19-15(14-3-2-10-22-14)12-4-6-13(17)7-5-12/h2-7,10-11,15,20H,8-9H2,1H3,(H2,18,19,21). The van der Waals surface area contributed by atoms with E-state index in [4.69, 9.17) is 11.6 Å². The van der Waals surface area contributed by atoms with Crippen molar-refractivity contribution in [3.63, 3.8) is 0 Å². The van der Waals surface area contributed by atoms with Gasteiger partial charge >= 0.3 is 6.03 Å². The first-order valence-electron chi connectivity index (χ1n) is 7.07. The molecule has 0 saturated carbocycles. The van der Waals surface area contributed by atoms with Crippen molar-refractivity contribution in [1.82, 2.24) is 10.6 Å². The average Bonchev–Trinajstić information content (AvgIpc) is 2.99. The van der Waals surface area contributed by atoms with Crippen molar-refractivity contribution in [3.05, 3.63) is 57.2 Å². The number of amides is 2. The highest BCUT2D eigenvalue weighted by atomic mass is 35.5. The Balaban J connectivity index is 2.06. The topological polar surface area (TPSA) is 61.4 Å². The van der Waals surface area contributed by atoms with Crippen molar-refractivity contribution in [3.8, 4) is 0 Å². The fraction of sp³-hybridized carbons (Fsp3) is 0.312. The van der Waals surface area contributed by atoms with E-state index in [0.29, 0.717) is 18.0 Å². The summed E-state index contributed by atoms with van der Waals surface area (Å²) in [6.45, 7) is 2.13. The molecule has 2 amide bonds. The lowest BCUT2D eigenvalue weighted by molar-refractivity contribution is 0.183. The van der Waals surface area contributed by atoms with Crippen LogP contribution >= 0.6 is 22.9 Å². The molecule has 0 saturated heterocycles. The molecule has 1 heterocycles. The molecule has 0 fully saturated rings. The van der Waals surface area contributed by atoms with E-state index in [0.717, 1.165) is 10.4 Å². The fourth-order valence-electron chi connectivity index (χ4n) is 2.01. The first-order chi connectivity index (χ1) is 10.6. The number of rotatable bonds is 6. The van der Waals surface area contributed by atoms with Crippen molar-refractivity contribution in [1.29, 1.82) is 0 Å². The smallest absolute Gasteiger partial charge is 0.315 e. The van der Waals surface area contributed by atoms with Crippen LogP contribution in [0, 0.1) is 0 Å². The van der Waals surface area contributed by atoms with Gasteiger partial charge in [-0.15, -0.1) is 11.3 Å². The van der Waals surface area contributed by atoms with Crippen LogP contribution in [0.15, 0.2) is 41.8 Å². The molecule has 2 unspecified atom stereocenters. The first-order valence-corrected chi connectivity index (χ1v) is 8.33. The number of aliphatic hydroxyl groups is 1. The van der Waals surface area contributed by atoms with Gasteiger partial charge in [0.2, 0.25) is 0 Å². The Morgan fingerprint density at radius 2 is 2.05 bits per heavy atom. The van der Waals surface area contributed by atoms with Gasteiger partial charge in [-0.1, -0.05) is 29.8 Å². The summed E-state index contributed by atoms with van der Waals surface area (Å²) < 4.78 is 0. The Kier molecular flexibility index (Phi) is 6.24. The van der Waals surface area contributed by atoms with E-state index >= 15 is 0 Å². The van der Waals surface area contributed by atoms with E-state index in [2.05, 4.69) is 10.6 Å². The van der Waals surface area contributed by atoms with Crippen LogP contribution in [0.25, 0.3) is 0 Å². The number of halogens is 1. The molecule has 2 rings (SSSR count). The molecule has 0 radical (unpaired) electrons. The SMILES string of the molecule is CC(O)CCNC(=O)NC(c1ccc(Cl)cc1)c1cccs1. The van der Waals surface area contributed by atoms with Crippen LogP contribution in [-0.4, -0.2) is 23.8 Å². The predicted octanol–water partition coefficient (Wildman–Crippen LogP) is 3.56. The fourth-order valence-corrected chi connectivity index (χ4v) is 2.93. The maximum atomic E-state index is 12.0. The van der Waals surface area contributed by atoms with E-state index in [1.165, 1.54) is 0 Å². The van der Waals surface area contributed by atoms with Gasteiger partial charge in [0.1, 0.15) is 0 Å². The molecule has 0 spiro atoms. The zero-order chi connectivity index (χ0) is 15.9. The molecule has 6 heteroatoms. The Morgan fingerprint density at radius 1 is 1.32 bits per heavy atom. The molecule has 2 atom stereocenters. The number of nitrogens with one attached hydrogen (secondary N) is 2. The molecule has 3 N–H and O–H groups in total. The maximum absolute atomic E-state index is 12.0. The predicted molar refractivity (Wildman–Crippen MR) is 90.4 cm³/mol. The maximum Gasteiger partial charge on any atom is 0.315 e. The summed E-state index contributed by atoms with van der Waals surface area (Å²) in [6, 6.07) is 10.9. The summed E-state index contributed by atoms with van der Waals surface area (Å²) in [5.41, 5.74) is 0.970. The van der Waals surface area contributed by atoms with Crippen molar-refractivity contribution >= 4 is 29.0 Å². The van der Waals surface area contributed by atoms with Crippen LogP contribution in [0.2, 0.25) is 5.02 Å². The number of hydrogen-bond acceptors (Lipinski definition) is 3. The number of thiophene rings is 1. The van der Waals surface area contributed by atoms with Gasteiger partial charge in [0.05, 0.1) is 12.1 Å². The molecule has 0 aliphatic heterocycles. The van der Waals surface area contributed by atoms with Crippen LogP contribution in [0.3, 0.4) is 0 Å². The normalized spacial score (nSPS) is 13.4. The van der Waals surface area contributed by atoms with Crippen LogP contribution < -0.4 is 10.6 Å². The highest BCUT2D eigenvalue weighted by Gasteiger charge is 2.17. The zero-order valence-electron chi connectivity index (χ0n) is 12.3. The lowest BCUT2D eigenvalue weighted by Crippen LogP contribution is -2.39. The molecule has 0 aliphatic rings. The van der Waals surface area contributed by atoms with E-state index in [1.54, 1.807) is 18.3 Å². The minimum atomic E-state index is -0.426. The van der Waals surface area contributed by atoms with Crippen molar-refractivity contribution in [2.75, 3.05) is 6.54 Å². The highest BCUT2D eigenvalue weighted by Crippen LogP contribution is 2.26. The Morgan fingerprint density at radius 3 is 2.64 bits per heavy atom. The molecular weight excluding hydrogens is 320 g/mol. The molecule has 22 heavy (non-hydrogen) atoms. The Labute approximate surface area is 139 Å². The van der Waals surface area contributed by atoms with Gasteiger partial charge in [-0.05, 0) is 42.5 Å². The third-order valence-corrected chi connectivity index (χ3v) is 4.34. The van der Waals surface area contributed by atoms with Gasteiger partial charge in [-0.3, -0.25) is 0 Å². The number of benzene rings is 1. The van der Waals surface area contributed by atoms with Crippen LogP contribution in [0.4, 0.5) is 4.79 Å². The highest BCUT2D eigenvalue weighted by molar-refractivity contribution is 7.10. The van der Waals surface area contributed by atoms with Crippen LogP contribution in [0.1, 0.15) is 29.8 Å². The third-order valence-electron chi connectivity index (χ3n) is 3.15. The number of carbonyl (C=O) groups excluding carboxylic acids is 1. The third kappa shape index (κ3) is 5.02. The minimum Gasteiger partial charge on any atom is -0.393 e. The molecule has 118 valence electrons. The number of urea groups is 1. The number of aliphatic hydroxyl groups excluding tert-OH is 1. The Bertz CT molecular complexity index is 585. The summed E-state index contributed by atoms with van der Waals surface area (Å²) in [7, 11) is 0. The average molecular weight is 339 g/mol. The molecule has 1 aromatic heterocycles. The minimum absolute atomic E-state index is 0.219. The number of hydrogen-bond donors (Lipinski definition) is 3. The second-order valence-electron chi connectivity index (χ2n) is 5.04. The van der Waals surface area contributed by atoms with Crippen molar-refractivity contribution in [2.24, 2.45) is 0 Å². The molecular formula is C16H19ClN2O2S. The van der Waals surface area contributed by atoms with E-state index in [1.807, 2.05) is 41.8 Å². The lowest BCUT2D eigenvalue weighted by atomic mass is 10.1. The summed E-state index contributed by atoms with van der Waals surface area (Å²) in [4.78, 5) is 13.1. The van der Waals surface area contributed by atoms with E-state index in [-0.39, 0.29) is 12.1 Å². The van der Waals surface area contributed by atoms with Gasteiger partial charge in [0.15, 0.2) is 0 Å². The zero-order valence-corrected chi connectivity index (χ0v) is 13.8. The quantitative estimate of drug-likeness (QED) is 0.754. The van der Waals surface area contributed by atoms with Crippen LogP contribution in [-0.2, 0) is 0 Å². The summed E-state index contributed by atoms with van der Waals surface area (Å²) >= 11 is 7.51. The van der Waals surface area contributed by atoms with Gasteiger partial charge < -0.3 is 15.7 Å². The van der Waals surface area contributed by atoms with Gasteiger partial charge in [0.25, 0.3) is 0 Å². The molecule has 0 bridgehead atoms. The van der Waals surface area contributed by atoms with E-state index < -0.39 is 6.10 Å². The van der Waals surface area contributed by atoms with Crippen LogP contribution in [0.5, 0.6) is 0 Å². The van der Waals surface area contributed by atoms with E-state index in [9.17, 15) is 9.90 Å². The summed E-state index contributed by atoms with van der Waals surface area (Å²) in [5, 5.41) is 17.6. The second kappa shape index (κ2) is 8.17. The first kappa shape index (κ1) is 16.8. The molecule has 4 nitrogen and oxygen atoms in total. The van der Waals surface area contributed by atoms with Crippen molar-refractivity contribution < 1.29 is 9.90 Å². The summed E-state index contributed by atoms with van der Waals surface area (Å²) in [6.07, 6.45) is 0.0996. The number of carbonyl (C=O) groups is 1. The monoisotopic (exact) mass is 338 g/mol. The molecule has 2 aromatic rings. The lowest BCUT2D eigenvalue weighted by Gasteiger charge is -2.19. The van der Waals surface area contributed by atoms with Gasteiger partial charge in [-0.25, -0.2) is 4.79 Å². The van der Waals surface area contributed by atoms with Gasteiger partial charge in [0, 0.05) is 16.4 Å². The second-order valence-corrected chi connectivity index (χ2v) is 6.45.